The minimum atomic E-state index is -1.06. The molecule has 31 heavy (non-hydrogen) atoms. The van der Waals surface area contributed by atoms with Crippen molar-refractivity contribution >= 4 is 35.1 Å². The van der Waals surface area contributed by atoms with Crippen LogP contribution in [0.1, 0.15) is 40.5 Å². The van der Waals surface area contributed by atoms with Gasteiger partial charge in [-0.2, -0.15) is 5.01 Å². The first-order chi connectivity index (χ1) is 14.9. The molecule has 1 fully saturated rings. The molecular weight excluding hydrogens is 416 g/mol. The van der Waals surface area contributed by atoms with Gasteiger partial charge in [0.15, 0.2) is 5.78 Å². The molecule has 0 aromatic heterocycles. The molecular formula is C24H21ClN2O4. The zero-order valence-electron chi connectivity index (χ0n) is 16.9. The molecule has 0 saturated carbocycles. The molecule has 2 aliphatic rings. The average molecular weight is 437 g/mol. The molecule has 1 heterocycles. The number of allylic oxidation sites excluding steroid dienone is 2. The van der Waals surface area contributed by atoms with Crippen LogP contribution in [0.3, 0.4) is 0 Å². The quantitative estimate of drug-likeness (QED) is 0.404. The number of benzene rings is 2. The highest BCUT2D eigenvalue weighted by molar-refractivity contribution is 6.30. The third-order valence-corrected chi connectivity index (χ3v) is 6.06. The molecule has 0 N–H and O–H groups in total. The number of rotatable bonds is 5. The molecule has 0 bridgehead atoms. The molecule has 2 aromatic rings. The van der Waals surface area contributed by atoms with Crippen molar-refractivity contribution in [1.29, 1.82) is 0 Å². The van der Waals surface area contributed by atoms with Crippen LogP contribution in [0.5, 0.6) is 0 Å². The van der Waals surface area contributed by atoms with Crippen LogP contribution in [0.2, 0.25) is 5.02 Å². The van der Waals surface area contributed by atoms with Gasteiger partial charge in [-0.15, -0.1) is 0 Å². The largest absolute Gasteiger partial charge is 0.292 e. The number of fused-ring (bicyclic) bond motifs is 1. The Morgan fingerprint density at radius 1 is 0.903 bits per heavy atom. The Kier molecular flexibility index (Phi) is 5.74. The third kappa shape index (κ3) is 3.79. The topological polar surface area (TPSA) is 74.8 Å². The lowest BCUT2D eigenvalue weighted by Gasteiger charge is -2.34. The molecule has 0 radical (unpaired) electrons. The van der Waals surface area contributed by atoms with Crippen LogP contribution in [0.4, 0.5) is 0 Å². The van der Waals surface area contributed by atoms with E-state index in [9.17, 15) is 19.2 Å². The first kappa shape index (κ1) is 21.0. The molecule has 3 amide bonds. The fourth-order valence-electron chi connectivity index (χ4n) is 4.11. The van der Waals surface area contributed by atoms with Crippen LogP contribution >= 0.6 is 11.6 Å². The number of amides is 3. The smallest absolute Gasteiger partial charge is 0.273 e. The van der Waals surface area contributed by atoms with E-state index in [0.29, 0.717) is 23.4 Å². The number of ketones is 1. The van der Waals surface area contributed by atoms with Crippen molar-refractivity contribution in [3.05, 3.63) is 82.9 Å². The van der Waals surface area contributed by atoms with E-state index in [-0.39, 0.29) is 11.3 Å². The van der Waals surface area contributed by atoms with E-state index in [1.54, 1.807) is 42.5 Å². The van der Waals surface area contributed by atoms with E-state index in [0.717, 1.165) is 10.0 Å². The van der Waals surface area contributed by atoms with Gasteiger partial charge in [0.2, 0.25) is 0 Å². The summed E-state index contributed by atoms with van der Waals surface area (Å²) in [5, 5.41) is 2.36. The van der Waals surface area contributed by atoms with Crippen molar-refractivity contribution in [3.63, 3.8) is 0 Å². The fraction of sp³-hybridized carbons (Fsp3) is 0.250. The number of carbonyl (C=O) groups excluding carboxylic acids is 4. The number of imide groups is 1. The highest BCUT2D eigenvalue weighted by Crippen LogP contribution is 2.37. The number of hydrogen-bond donors (Lipinski definition) is 0. The second-order valence-electron chi connectivity index (χ2n) is 7.71. The molecule has 3 atom stereocenters. The number of hydrazine groups is 1. The number of halogens is 1. The predicted molar refractivity (Wildman–Crippen MR) is 115 cm³/mol. The second-order valence-corrected chi connectivity index (χ2v) is 8.14. The Morgan fingerprint density at radius 3 is 2.00 bits per heavy atom. The van der Waals surface area contributed by atoms with Gasteiger partial charge >= 0.3 is 0 Å². The number of carbonyl (C=O) groups is 4. The molecule has 1 aliphatic heterocycles. The van der Waals surface area contributed by atoms with Crippen molar-refractivity contribution in [2.24, 2.45) is 11.8 Å². The lowest BCUT2D eigenvalue weighted by molar-refractivity contribution is -0.156. The zero-order chi connectivity index (χ0) is 22.1. The molecule has 158 valence electrons. The van der Waals surface area contributed by atoms with Gasteiger partial charge in [0.25, 0.3) is 17.7 Å². The Hall–Kier alpha value is -3.25. The molecule has 1 saturated heterocycles. The molecule has 0 spiro atoms. The van der Waals surface area contributed by atoms with Crippen molar-refractivity contribution < 1.29 is 19.2 Å². The number of nitrogens with zero attached hydrogens (tertiary/aromatic N) is 2. The van der Waals surface area contributed by atoms with Crippen LogP contribution in [0.25, 0.3) is 0 Å². The fourth-order valence-corrected chi connectivity index (χ4v) is 4.24. The van der Waals surface area contributed by atoms with E-state index in [4.69, 9.17) is 11.6 Å². The van der Waals surface area contributed by atoms with Gasteiger partial charge in [-0.05, 0) is 44.0 Å². The highest BCUT2D eigenvalue weighted by atomic mass is 35.5. The van der Waals surface area contributed by atoms with E-state index in [1.165, 1.54) is 19.1 Å². The standard InChI is InChI=1S/C24H21ClN2O4/c1-15(21(28)16-7-3-2-4-8-16)26(22(29)17-11-13-18(25)14-12-17)27-23(30)19-9-5-6-10-20(19)24(27)31/h2-8,11-15,19-20H,9-10H2,1H3/t15-,19+,20+/m1/s1. The van der Waals surface area contributed by atoms with Gasteiger partial charge in [-0.3, -0.25) is 19.2 Å². The summed E-state index contributed by atoms with van der Waals surface area (Å²) in [7, 11) is 0. The van der Waals surface area contributed by atoms with Crippen LogP contribution in [0, 0.1) is 11.8 Å². The van der Waals surface area contributed by atoms with Gasteiger partial charge in [0.05, 0.1) is 11.8 Å². The molecule has 0 unspecified atom stereocenters. The first-order valence-corrected chi connectivity index (χ1v) is 10.5. The minimum absolute atomic E-state index is 0.228. The summed E-state index contributed by atoms with van der Waals surface area (Å²) in [5.41, 5.74) is 0.618. The third-order valence-electron chi connectivity index (χ3n) is 5.80. The maximum absolute atomic E-state index is 13.5. The maximum Gasteiger partial charge on any atom is 0.273 e. The van der Waals surface area contributed by atoms with E-state index in [1.807, 2.05) is 12.2 Å². The summed E-state index contributed by atoms with van der Waals surface area (Å²) < 4.78 is 0. The lowest BCUT2D eigenvalue weighted by Crippen LogP contribution is -2.56. The molecule has 6 nitrogen and oxygen atoms in total. The first-order valence-electron chi connectivity index (χ1n) is 10.1. The summed E-state index contributed by atoms with van der Waals surface area (Å²) in [5.74, 6) is -2.91. The average Bonchev–Trinajstić information content (AvgIpc) is 3.05. The van der Waals surface area contributed by atoms with Crippen LogP contribution < -0.4 is 0 Å². The Labute approximate surface area is 185 Å². The molecule has 1 aliphatic carbocycles. The number of Topliss-reactive ketones (excluding diaryl/α,β-unsaturated/α-hetero) is 1. The van der Waals surface area contributed by atoms with Crippen molar-refractivity contribution in [2.45, 2.75) is 25.8 Å². The monoisotopic (exact) mass is 436 g/mol. The Morgan fingerprint density at radius 2 is 1.45 bits per heavy atom. The van der Waals surface area contributed by atoms with E-state index in [2.05, 4.69) is 0 Å². The second kappa shape index (κ2) is 8.47. The van der Waals surface area contributed by atoms with Crippen LogP contribution in [-0.4, -0.2) is 39.6 Å². The maximum atomic E-state index is 13.5. The van der Waals surface area contributed by atoms with E-state index >= 15 is 0 Å². The zero-order valence-corrected chi connectivity index (χ0v) is 17.7. The summed E-state index contributed by atoms with van der Waals surface area (Å²) >= 11 is 5.94. The van der Waals surface area contributed by atoms with Gasteiger partial charge in [-0.25, -0.2) is 5.01 Å². The Bertz CT molecular complexity index is 1040. The van der Waals surface area contributed by atoms with Crippen molar-refractivity contribution in [2.75, 3.05) is 0 Å². The Balaban J connectivity index is 1.75. The van der Waals surface area contributed by atoms with E-state index < -0.39 is 35.6 Å². The van der Waals surface area contributed by atoms with Gasteiger partial charge in [0, 0.05) is 16.1 Å². The summed E-state index contributed by atoms with van der Waals surface area (Å²) in [6, 6.07) is 13.6. The molecule has 7 heteroatoms. The molecule has 4 rings (SSSR count). The SMILES string of the molecule is C[C@H](C(=O)c1ccccc1)N(C(=O)c1ccc(Cl)cc1)N1C(=O)[C@H]2CC=CC[C@@H]2C1=O. The predicted octanol–water partition coefficient (Wildman–Crippen LogP) is 3.92. The lowest BCUT2D eigenvalue weighted by atomic mass is 9.85. The molecule has 2 aromatic carbocycles. The van der Waals surface area contributed by atoms with Crippen LogP contribution in [-0.2, 0) is 9.59 Å². The normalized spacial score (nSPS) is 21.0. The van der Waals surface area contributed by atoms with Crippen LogP contribution in [0.15, 0.2) is 66.7 Å². The summed E-state index contributed by atoms with van der Waals surface area (Å²) in [6.07, 6.45) is 4.63. The number of hydrogen-bond acceptors (Lipinski definition) is 4. The summed E-state index contributed by atoms with van der Waals surface area (Å²) in [4.78, 5) is 53.0. The summed E-state index contributed by atoms with van der Waals surface area (Å²) in [6.45, 7) is 1.53. The highest BCUT2D eigenvalue weighted by Gasteiger charge is 2.52. The van der Waals surface area contributed by atoms with Crippen molar-refractivity contribution in [1.82, 2.24) is 10.0 Å². The minimum Gasteiger partial charge on any atom is -0.292 e. The van der Waals surface area contributed by atoms with Gasteiger partial charge in [-0.1, -0.05) is 54.1 Å². The van der Waals surface area contributed by atoms with Gasteiger partial charge < -0.3 is 0 Å². The van der Waals surface area contributed by atoms with Crippen molar-refractivity contribution in [3.8, 4) is 0 Å². The van der Waals surface area contributed by atoms with Gasteiger partial charge in [0.1, 0.15) is 6.04 Å².